The Labute approximate surface area is 202 Å². The molecule has 1 saturated carbocycles. The molecule has 32 heavy (non-hydrogen) atoms. The number of amides is 2. The third kappa shape index (κ3) is 6.87. The van der Waals surface area contributed by atoms with E-state index in [-0.39, 0.29) is 36.0 Å². The molecule has 172 valence electrons. The van der Waals surface area contributed by atoms with Crippen molar-refractivity contribution in [2.45, 2.75) is 57.0 Å². The van der Waals surface area contributed by atoms with Crippen LogP contribution in [0.15, 0.2) is 42.5 Å². The Bertz CT molecular complexity index is 916. The molecule has 0 aliphatic heterocycles. The fourth-order valence-corrected chi connectivity index (χ4v) is 5.40. The van der Waals surface area contributed by atoms with Crippen LogP contribution in [-0.2, 0) is 21.9 Å². The number of halogens is 3. The van der Waals surface area contributed by atoms with Crippen LogP contribution in [0.4, 0.5) is 4.39 Å². The van der Waals surface area contributed by atoms with Crippen LogP contribution in [-0.4, -0.2) is 34.6 Å². The van der Waals surface area contributed by atoms with Gasteiger partial charge in [0.15, 0.2) is 0 Å². The van der Waals surface area contributed by atoms with Crippen LogP contribution in [0.2, 0.25) is 10.0 Å². The van der Waals surface area contributed by atoms with E-state index in [0.29, 0.717) is 15.8 Å². The van der Waals surface area contributed by atoms with Crippen molar-refractivity contribution in [1.29, 1.82) is 0 Å². The molecule has 0 spiro atoms. The number of hydrogen-bond donors (Lipinski definition) is 1. The molecule has 3 rings (SSSR count). The van der Waals surface area contributed by atoms with Gasteiger partial charge in [0.05, 0.1) is 5.75 Å². The molecule has 2 amide bonds. The number of nitrogens with one attached hydrogen (secondary N) is 1. The molecular weight excluding hydrogens is 470 g/mol. The molecule has 2 aromatic carbocycles. The molecule has 0 radical (unpaired) electrons. The maximum atomic E-state index is 13.3. The lowest BCUT2D eigenvalue weighted by molar-refractivity contribution is -0.138. The average Bonchev–Trinajstić information content (AvgIpc) is 3.27. The normalized spacial score (nSPS) is 14.9. The smallest absolute Gasteiger partial charge is 0.242 e. The molecule has 1 unspecified atom stereocenters. The van der Waals surface area contributed by atoms with Gasteiger partial charge in [0.25, 0.3) is 0 Å². The molecule has 8 heteroatoms. The number of carbonyl (C=O) groups is 2. The highest BCUT2D eigenvalue weighted by atomic mass is 35.5. The summed E-state index contributed by atoms with van der Waals surface area (Å²) < 4.78 is 13.3. The summed E-state index contributed by atoms with van der Waals surface area (Å²) in [5.41, 5.74) is 1.55. The third-order valence-corrected chi connectivity index (χ3v) is 7.32. The minimum Gasteiger partial charge on any atom is -0.352 e. The van der Waals surface area contributed by atoms with Crippen molar-refractivity contribution in [3.8, 4) is 0 Å². The first-order valence-corrected chi connectivity index (χ1v) is 12.6. The van der Waals surface area contributed by atoms with Gasteiger partial charge in [-0.3, -0.25) is 9.59 Å². The average molecular weight is 497 g/mol. The predicted octanol–water partition coefficient (Wildman–Crippen LogP) is 5.84. The molecule has 0 saturated heterocycles. The fourth-order valence-electron chi connectivity index (χ4n) is 3.75. The third-order valence-electron chi connectivity index (χ3n) is 5.67. The van der Waals surface area contributed by atoms with Crippen LogP contribution < -0.4 is 5.32 Å². The van der Waals surface area contributed by atoms with Gasteiger partial charge in [-0.2, -0.15) is 0 Å². The van der Waals surface area contributed by atoms with E-state index in [9.17, 15) is 14.0 Å². The lowest BCUT2D eigenvalue weighted by Crippen LogP contribution is -2.50. The van der Waals surface area contributed by atoms with Crippen LogP contribution in [0.1, 0.15) is 43.7 Å². The maximum absolute atomic E-state index is 13.3. The van der Waals surface area contributed by atoms with Gasteiger partial charge in [-0.1, -0.05) is 54.2 Å². The first-order chi connectivity index (χ1) is 15.3. The summed E-state index contributed by atoms with van der Waals surface area (Å²) in [7, 11) is 0. The van der Waals surface area contributed by atoms with E-state index >= 15 is 0 Å². The molecule has 0 heterocycles. The van der Waals surface area contributed by atoms with Crippen molar-refractivity contribution in [2.75, 3.05) is 5.75 Å². The maximum Gasteiger partial charge on any atom is 0.242 e. The SMILES string of the molecule is CC(C(=O)NC1CCCC1)N(Cc1ccc(F)cc1)C(=O)CSCc1c(Cl)cccc1Cl. The van der Waals surface area contributed by atoms with Gasteiger partial charge in [-0.15, -0.1) is 11.8 Å². The lowest BCUT2D eigenvalue weighted by atomic mass is 10.1. The Morgan fingerprint density at radius 1 is 1.12 bits per heavy atom. The zero-order chi connectivity index (χ0) is 23.1. The second-order valence-electron chi connectivity index (χ2n) is 8.01. The topological polar surface area (TPSA) is 49.4 Å². The molecule has 1 fully saturated rings. The summed E-state index contributed by atoms with van der Waals surface area (Å²) in [4.78, 5) is 27.6. The van der Waals surface area contributed by atoms with Gasteiger partial charge < -0.3 is 10.2 Å². The van der Waals surface area contributed by atoms with Gasteiger partial charge in [0, 0.05) is 28.4 Å². The Kier molecular flexibility index (Phi) is 9.26. The van der Waals surface area contributed by atoms with Gasteiger partial charge in [-0.05, 0) is 55.2 Å². The summed E-state index contributed by atoms with van der Waals surface area (Å²) in [5.74, 6) is -0.0185. The van der Waals surface area contributed by atoms with Crippen molar-refractivity contribution in [3.05, 3.63) is 69.5 Å². The molecule has 1 aliphatic rings. The largest absolute Gasteiger partial charge is 0.352 e. The summed E-state index contributed by atoms with van der Waals surface area (Å²) in [5, 5.41) is 4.19. The molecule has 0 aromatic heterocycles. The highest BCUT2D eigenvalue weighted by Gasteiger charge is 2.28. The Hall–Kier alpha value is -1.76. The quantitative estimate of drug-likeness (QED) is 0.474. The van der Waals surface area contributed by atoms with Crippen LogP contribution >= 0.6 is 35.0 Å². The van der Waals surface area contributed by atoms with E-state index in [1.165, 1.54) is 23.9 Å². The molecule has 0 bridgehead atoms. The number of hydrogen-bond acceptors (Lipinski definition) is 3. The van der Waals surface area contributed by atoms with E-state index in [2.05, 4.69) is 5.32 Å². The number of thioether (sulfide) groups is 1. The molecule has 2 aromatic rings. The number of benzene rings is 2. The monoisotopic (exact) mass is 496 g/mol. The van der Waals surface area contributed by atoms with E-state index in [0.717, 1.165) is 36.8 Å². The predicted molar refractivity (Wildman–Crippen MR) is 129 cm³/mol. The minimum atomic E-state index is -0.641. The standard InChI is InChI=1S/C24H27Cl2FN2O2S/c1-16(24(31)28-19-5-2-3-6-19)29(13-17-9-11-18(27)12-10-17)23(30)15-32-14-20-21(25)7-4-8-22(20)26/h4,7-12,16,19H,2-3,5-6,13-15H2,1H3,(H,28,31). The van der Waals surface area contributed by atoms with Crippen LogP contribution in [0.3, 0.4) is 0 Å². The first-order valence-electron chi connectivity index (χ1n) is 10.7. The van der Waals surface area contributed by atoms with Gasteiger partial charge in [0.2, 0.25) is 11.8 Å². The summed E-state index contributed by atoms with van der Waals surface area (Å²) >= 11 is 13.8. The van der Waals surface area contributed by atoms with Crippen molar-refractivity contribution in [3.63, 3.8) is 0 Å². The number of rotatable bonds is 9. The zero-order valence-corrected chi connectivity index (χ0v) is 20.3. The highest BCUT2D eigenvalue weighted by Crippen LogP contribution is 2.28. The van der Waals surface area contributed by atoms with Gasteiger partial charge in [-0.25, -0.2) is 4.39 Å². The van der Waals surface area contributed by atoms with E-state index < -0.39 is 6.04 Å². The molecule has 1 atom stereocenters. The number of nitrogens with zero attached hydrogens (tertiary/aromatic N) is 1. The van der Waals surface area contributed by atoms with Crippen molar-refractivity contribution >= 4 is 46.8 Å². The highest BCUT2D eigenvalue weighted by molar-refractivity contribution is 7.99. The second-order valence-corrected chi connectivity index (χ2v) is 9.81. The van der Waals surface area contributed by atoms with Gasteiger partial charge in [0.1, 0.15) is 11.9 Å². The molecule has 1 N–H and O–H groups in total. The fraction of sp³-hybridized carbons (Fsp3) is 0.417. The Balaban J connectivity index is 1.67. The summed E-state index contributed by atoms with van der Waals surface area (Å²) in [6, 6.07) is 10.8. The zero-order valence-electron chi connectivity index (χ0n) is 18.0. The number of carbonyl (C=O) groups excluding carboxylic acids is 2. The summed E-state index contributed by atoms with van der Waals surface area (Å²) in [6.07, 6.45) is 4.16. The molecule has 4 nitrogen and oxygen atoms in total. The lowest BCUT2D eigenvalue weighted by Gasteiger charge is -2.29. The van der Waals surface area contributed by atoms with Crippen LogP contribution in [0.5, 0.6) is 0 Å². The van der Waals surface area contributed by atoms with E-state index in [1.54, 1.807) is 42.2 Å². The van der Waals surface area contributed by atoms with Gasteiger partial charge >= 0.3 is 0 Å². The Morgan fingerprint density at radius 2 is 1.75 bits per heavy atom. The van der Waals surface area contributed by atoms with E-state index in [1.807, 2.05) is 0 Å². The molecular formula is C24H27Cl2FN2O2S. The van der Waals surface area contributed by atoms with Crippen molar-refractivity contribution < 1.29 is 14.0 Å². The van der Waals surface area contributed by atoms with Crippen molar-refractivity contribution in [2.24, 2.45) is 0 Å². The van der Waals surface area contributed by atoms with E-state index in [4.69, 9.17) is 23.2 Å². The molecule has 1 aliphatic carbocycles. The van der Waals surface area contributed by atoms with Crippen LogP contribution in [0, 0.1) is 5.82 Å². The Morgan fingerprint density at radius 3 is 2.38 bits per heavy atom. The second kappa shape index (κ2) is 11.9. The van der Waals surface area contributed by atoms with Crippen LogP contribution in [0.25, 0.3) is 0 Å². The van der Waals surface area contributed by atoms with Crippen molar-refractivity contribution in [1.82, 2.24) is 10.2 Å². The first kappa shape index (κ1) is 24.9. The minimum absolute atomic E-state index is 0.161. The summed E-state index contributed by atoms with van der Waals surface area (Å²) in [6.45, 7) is 1.97.